The lowest BCUT2D eigenvalue weighted by Crippen LogP contribution is -2.31. The van der Waals surface area contributed by atoms with E-state index in [4.69, 9.17) is 24.2 Å². The van der Waals surface area contributed by atoms with Gasteiger partial charge in [0.1, 0.15) is 5.75 Å². The molecule has 152 valence electrons. The fourth-order valence-electron chi connectivity index (χ4n) is 2.62. The third kappa shape index (κ3) is 8.54. The highest BCUT2D eigenvalue weighted by molar-refractivity contribution is 9.10. The Morgan fingerprint density at radius 3 is 1.96 bits per heavy atom. The molecule has 0 atom stereocenters. The first-order valence-electron chi connectivity index (χ1n) is 8.93. The molecule has 8 nitrogen and oxygen atoms in total. The first-order chi connectivity index (χ1) is 13.2. The van der Waals surface area contributed by atoms with Crippen LogP contribution in [0.2, 0.25) is 0 Å². The van der Waals surface area contributed by atoms with Crippen LogP contribution in [0.15, 0.2) is 21.8 Å². The summed E-state index contributed by atoms with van der Waals surface area (Å²) in [6.07, 6.45) is 1.21. The standard InChI is InChI=1S/C18H27BrN2O6/c19-17-11-15(13-20-23)18(22)16(12-17)14-21-1-3-24-5-7-26-9-10-27-8-6-25-4-2-21/h11-13,22-23H,1-10,14H2/b20-13+. The summed E-state index contributed by atoms with van der Waals surface area (Å²) in [5.41, 5.74) is 1.17. The second kappa shape index (κ2) is 13.0. The predicted octanol–water partition coefficient (Wildman–Crippen LogP) is 1.84. The molecule has 0 unspecified atom stereocenters. The third-order valence-corrected chi connectivity index (χ3v) is 4.45. The summed E-state index contributed by atoms with van der Waals surface area (Å²) in [6, 6.07) is 3.54. The van der Waals surface area contributed by atoms with E-state index in [0.717, 1.165) is 10.0 Å². The number of nitrogens with zero attached hydrogens (tertiary/aromatic N) is 2. The van der Waals surface area contributed by atoms with Gasteiger partial charge in [0.15, 0.2) is 0 Å². The van der Waals surface area contributed by atoms with E-state index in [1.807, 2.05) is 6.07 Å². The Balaban J connectivity index is 1.99. The van der Waals surface area contributed by atoms with Gasteiger partial charge in [0.25, 0.3) is 0 Å². The number of hydrogen-bond acceptors (Lipinski definition) is 8. The van der Waals surface area contributed by atoms with Gasteiger partial charge in [0, 0.05) is 35.2 Å². The molecular formula is C18H27BrN2O6. The van der Waals surface area contributed by atoms with E-state index in [9.17, 15) is 5.11 Å². The van der Waals surface area contributed by atoms with Crippen molar-refractivity contribution in [3.8, 4) is 5.75 Å². The Morgan fingerprint density at radius 2 is 1.44 bits per heavy atom. The van der Waals surface area contributed by atoms with Crippen LogP contribution in [0, 0.1) is 0 Å². The number of halogens is 1. The Hall–Kier alpha value is -1.23. The lowest BCUT2D eigenvalue weighted by atomic mass is 10.1. The smallest absolute Gasteiger partial charge is 0.129 e. The summed E-state index contributed by atoms with van der Waals surface area (Å²) in [5.74, 6) is 0.0931. The van der Waals surface area contributed by atoms with E-state index in [0.29, 0.717) is 78.1 Å². The maximum atomic E-state index is 10.4. The first-order valence-corrected chi connectivity index (χ1v) is 9.72. The fraction of sp³-hybridized carbons (Fsp3) is 0.611. The van der Waals surface area contributed by atoms with E-state index >= 15 is 0 Å². The molecule has 0 radical (unpaired) electrons. The van der Waals surface area contributed by atoms with Crippen LogP contribution in [0.4, 0.5) is 0 Å². The van der Waals surface area contributed by atoms with Crippen molar-refractivity contribution in [3.05, 3.63) is 27.7 Å². The van der Waals surface area contributed by atoms with Gasteiger partial charge in [-0.15, -0.1) is 0 Å². The number of ether oxygens (including phenoxy) is 4. The molecule has 0 aromatic heterocycles. The SMILES string of the molecule is O/N=C/c1cc(Br)cc(CN2CCOCCOCCOCCOCC2)c1O. The van der Waals surface area contributed by atoms with Gasteiger partial charge in [-0.3, -0.25) is 4.90 Å². The molecule has 1 saturated heterocycles. The van der Waals surface area contributed by atoms with Crippen LogP contribution in [0.1, 0.15) is 11.1 Å². The second-order valence-electron chi connectivity index (χ2n) is 5.97. The van der Waals surface area contributed by atoms with E-state index in [-0.39, 0.29) is 5.75 Å². The van der Waals surface area contributed by atoms with Crippen molar-refractivity contribution in [2.75, 3.05) is 65.9 Å². The van der Waals surface area contributed by atoms with Gasteiger partial charge in [-0.05, 0) is 12.1 Å². The largest absolute Gasteiger partial charge is 0.507 e. The number of aromatic hydroxyl groups is 1. The molecule has 1 aliphatic heterocycles. The molecule has 0 bridgehead atoms. The summed E-state index contributed by atoms with van der Waals surface area (Å²) in [6.45, 7) is 6.24. The van der Waals surface area contributed by atoms with Gasteiger partial charge in [0.2, 0.25) is 0 Å². The third-order valence-electron chi connectivity index (χ3n) is 3.99. The van der Waals surface area contributed by atoms with Crippen LogP contribution in [0.25, 0.3) is 0 Å². The molecule has 1 aromatic rings. The molecule has 9 heteroatoms. The van der Waals surface area contributed by atoms with Crippen molar-refractivity contribution in [2.45, 2.75) is 6.54 Å². The van der Waals surface area contributed by atoms with Crippen molar-refractivity contribution in [2.24, 2.45) is 5.16 Å². The number of rotatable bonds is 3. The Morgan fingerprint density at radius 1 is 0.926 bits per heavy atom. The van der Waals surface area contributed by atoms with Crippen LogP contribution in [0.3, 0.4) is 0 Å². The Bertz CT molecular complexity index is 571. The summed E-state index contributed by atoms with van der Waals surface area (Å²) in [5, 5.41) is 22.2. The average Bonchev–Trinajstić information content (AvgIpc) is 2.66. The van der Waals surface area contributed by atoms with E-state index in [1.54, 1.807) is 6.07 Å². The van der Waals surface area contributed by atoms with Crippen molar-refractivity contribution < 1.29 is 29.3 Å². The van der Waals surface area contributed by atoms with E-state index < -0.39 is 0 Å². The zero-order valence-corrected chi connectivity index (χ0v) is 16.9. The van der Waals surface area contributed by atoms with Crippen molar-refractivity contribution in [3.63, 3.8) is 0 Å². The molecule has 0 aliphatic carbocycles. The highest BCUT2D eigenvalue weighted by Crippen LogP contribution is 2.27. The molecule has 0 saturated carbocycles. The molecule has 1 fully saturated rings. The van der Waals surface area contributed by atoms with Crippen LogP contribution in [0.5, 0.6) is 5.75 Å². The molecule has 2 N–H and O–H groups in total. The Labute approximate surface area is 167 Å². The van der Waals surface area contributed by atoms with Crippen LogP contribution in [-0.4, -0.2) is 87.4 Å². The quantitative estimate of drug-likeness (QED) is 0.415. The summed E-state index contributed by atoms with van der Waals surface area (Å²) in [4.78, 5) is 2.14. The molecule has 1 aliphatic rings. The van der Waals surface area contributed by atoms with Gasteiger partial charge in [-0.25, -0.2) is 0 Å². The number of phenols is 1. The first kappa shape index (κ1) is 22.1. The van der Waals surface area contributed by atoms with E-state index in [1.165, 1.54) is 6.21 Å². The lowest BCUT2D eigenvalue weighted by molar-refractivity contribution is 0.00206. The second-order valence-corrected chi connectivity index (χ2v) is 6.89. The minimum absolute atomic E-state index is 0.0931. The number of benzene rings is 1. The zero-order chi connectivity index (χ0) is 19.3. The number of hydrogen-bond donors (Lipinski definition) is 2. The zero-order valence-electron chi connectivity index (χ0n) is 15.3. The van der Waals surface area contributed by atoms with Gasteiger partial charge < -0.3 is 29.3 Å². The summed E-state index contributed by atoms with van der Waals surface area (Å²) in [7, 11) is 0. The molecule has 1 aromatic carbocycles. The molecular weight excluding hydrogens is 420 g/mol. The van der Waals surface area contributed by atoms with Gasteiger partial charge in [0.05, 0.1) is 59.1 Å². The molecule has 0 spiro atoms. The van der Waals surface area contributed by atoms with Crippen LogP contribution < -0.4 is 0 Å². The fourth-order valence-corrected chi connectivity index (χ4v) is 3.14. The lowest BCUT2D eigenvalue weighted by Gasteiger charge is -2.23. The molecule has 0 amide bonds. The van der Waals surface area contributed by atoms with E-state index in [2.05, 4.69) is 26.0 Å². The highest BCUT2D eigenvalue weighted by atomic mass is 79.9. The topological polar surface area (TPSA) is 93.0 Å². The number of phenolic OH excluding ortho intramolecular Hbond substituents is 1. The van der Waals surface area contributed by atoms with Gasteiger partial charge in [-0.1, -0.05) is 21.1 Å². The van der Waals surface area contributed by atoms with Crippen LogP contribution in [-0.2, 0) is 25.5 Å². The summed E-state index contributed by atoms with van der Waals surface area (Å²) >= 11 is 3.43. The minimum Gasteiger partial charge on any atom is -0.507 e. The van der Waals surface area contributed by atoms with Crippen molar-refractivity contribution in [1.82, 2.24) is 4.90 Å². The average molecular weight is 447 g/mol. The molecule has 2 rings (SSSR count). The van der Waals surface area contributed by atoms with Gasteiger partial charge in [-0.2, -0.15) is 0 Å². The maximum Gasteiger partial charge on any atom is 0.129 e. The predicted molar refractivity (Wildman–Crippen MR) is 104 cm³/mol. The number of oxime groups is 1. The normalized spacial score (nSPS) is 19.6. The molecule has 1 heterocycles. The summed E-state index contributed by atoms with van der Waals surface area (Å²) < 4.78 is 22.9. The monoisotopic (exact) mass is 446 g/mol. The maximum absolute atomic E-state index is 10.4. The highest BCUT2D eigenvalue weighted by Gasteiger charge is 2.13. The molecule has 27 heavy (non-hydrogen) atoms. The van der Waals surface area contributed by atoms with Gasteiger partial charge >= 0.3 is 0 Å². The van der Waals surface area contributed by atoms with Crippen molar-refractivity contribution in [1.29, 1.82) is 0 Å². The Kier molecular flexibility index (Phi) is 10.6. The van der Waals surface area contributed by atoms with Crippen LogP contribution >= 0.6 is 15.9 Å². The minimum atomic E-state index is 0.0931. The van der Waals surface area contributed by atoms with Crippen molar-refractivity contribution >= 4 is 22.1 Å².